The van der Waals surface area contributed by atoms with E-state index in [1.54, 1.807) is 34.4 Å². The molecule has 28 heavy (non-hydrogen) atoms. The highest BCUT2D eigenvalue weighted by molar-refractivity contribution is 7.99. The van der Waals surface area contributed by atoms with Crippen LogP contribution in [0.5, 0.6) is 0 Å². The fraction of sp³-hybridized carbons (Fsp3) is 0.0455. The molecule has 138 valence electrons. The summed E-state index contributed by atoms with van der Waals surface area (Å²) in [6.45, 7) is -0.0583. The summed E-state index contributed by atoms with van der Waals surface area (Å²) in [7, 11) is 0. The molecule has 0 amide bonds. The zero-order valence-electron chi connectivity index (χ0n) is 14.7. The Morgan fingerprint density at radius 1 is 0.821 bits per heavy atom. The minimum Gasteiger partial charge on any atom is -0.480 e. The van der Waals surface area contributed by atoms with Crippen LogP contribution in [-0.4, -0.2) is 17.6 Å². The van der Waals surface area contributed by atoms with Gasteiger partial charge >= 0.3 is 5.97 Å². The van der Waals surface area contributed by atoms with Gasteiger partial charge in [0.1, 0.15) is 6.54 Å². The summed E-state index contributed by atoms with van der Waals surface area (Å²) in [5.41, 5.74) is 4.22. The maximum atomic E-state index is 11.5. The van der Waals surface area contributed by atoms with Crippen molar-refractivity contribution < 1.29 is 9.90 Å². The molecule has 1 aliphatic heterocycles. The summed E-state index contributed by atoms with van der Waals surface area (Å²) in [6, 6.07) is 20.9. The summed E-state index contributed by atoms with van der Waals surface area (Å²) in [5.74, 6) is -0.839. The molecule has 5 rings (SSSR count). The summed E-state index contributed by atoms with van der Waals surface area (Å²) in [4.78, 5) is 18.1. The van der Waals surface area contributed by atoms with Gasteiger partial charge in [0, 0.05) is 19.5 Å². The first-order valence-electron chi connectivity index (χ1n) is 8.72. The monoisotopic (exact) mass is 421 g/mol. The number of carbonyl (C=O) groups is 1. The van der Waals surface area contributed by atoms with E-state index in [2.05, 4.69) is 47.2 Å². The maximum absolute atomic E-state index is 11.5. The van der Waals surface area contributed by atoms with Gasteiger partial charge in [-0.25, -0.2) is 0 Å². The molecule has 0 spiro atoms. The van der Waals surface area contributed by atoms with Crippen LogP contribution in [0.4, 0.5) is 11.4 Å². The fourth-order valence-electron chi connectivity index (χ4n) is 3.38. The predicted octanol–water partition coefficient (Wildman–Crippen LogP) is 6.83. The Bertz CT molecular complexity index is 1070. The zero-order valence-corrected chi connectivity index (χ0v) is 17.1. The number of benzene rings is 2. The van der Waals surface area contributed by atoms with Crippen LogP contribution in [0.25, 0.3) is 20.9 Å². The van der Waals surface area contributed by atoms with Crippen molar-refractivity contribution in [1.82, 2.24) is 0 Å². The van der Waals surface area contributed by atoms with Gasteiger partial charge in [-0.2, -0.15) is 0 Å². The average Bonchev–Trinajstić information content (AvgIpc) is 3.40. The number of anilines is 2. The van der Waals surface area contributed by atoms with Crippen molar-refractivity contribution in [2.45, 2.75) is 9.79 Å². The Hall–Kier alpha value is -2.54. The Morgan fingerprint density at radius 2 is 1.36 bits per heavy atom. The highest BCUT2D eigenvalue weighted by Gasteiger charge is 2.26. The second-order valence-electron chi connectivity index (χ2n) is 6.40. The minimum absolute atomic E-state index is 0.0583. The van der Waals surface area contributed by atoms with Gasteiger partial charge in [-0.3, -0.25) is 4.79 Å². The number of rotatable bonds is 4. The van der Waals surface area contributed by atoms with Crippen molar-refractivity contribution in [2.75, 3.05) is 11.4 Å². The summed E-state index contributed by atoms with van der Waals surface area (Å²) >= 11 is 5.13. The fourth-order valence-corrected chi connectivity index (χ4v) is 6.01. The third kappa shape index (κ3) is 3.13. The van der Waals surface area contributed by atoms with Gasteiger partial charge in [-0.1, -0.05) is 36.0 Å². The number of carboxylic acid groups (broad SMARTS) is 1. The Morgan fingerprint density at radius 3 is 1.79 bits per heavy atom. The third-order valence-corrected chi connectivity index (χ3v) is 7.56. The third-order valence-electron chi connectivity index (χ3n) is 4.63. The van der Waals surface area contributed by atoms with E-state index in [4.69, 9.17) is 0 Å². The first-order valence-corrected chi connectivity index (χ1v) is 11.3. The second kappa shape index (κ2) is 7.13. The smallest absolute Gasteiger partial charge is 0.323 e. The number of hydrogen-bond donors (Lipinski definition) is 1. The SMILES string of the molecule is O=C(O)CN1c2ccc(-c3cccs3)cc2Sc2cc(-c3cccs3)ccc21. The van der Waals surface area contributed by atoms with Gasteiger partial charge in [-0.15, -0.1) is 22.7 Å². The lowest BCUT2D eigenvalue weighted by molar-refractivity contribution is -0.135. The molecule has 0 unspecified atom stereocenters. The normalized spacial score (nSPS) is 12.5. The van der Waals surface area contributed by atoms with Crippen LogP contribution >= 0.6 is 34.4 Å². The molecule has 0 aliphatic carbocycles. The minimum atomic E-state index is -0.839. The molecule has 0 saturated heterocycles. The van der Waals surface area contributed by atoms with E-state index in [1.807, 2.05) is 29.2 Å². The molecule has 0 fully saturated rings. The predicted molar refractivity (Wildman–Crippen MR) is 118 cm³/mol. The molecule has 4 aromatic rings. The topological polar surface area (TPSA) is 40.5 Å². The van der Waals surface area contributed by atoms with Crippen molar-refractivity contribution in [1.29, 1.82) is 0 Å². The lowest BCUT2D eigenvalue weighted by atomic mass is 10.1. The van der Waals surface area contributed by atoms with Crippen LogP contribution in [-0.2, 0) is 4.79 Å². The van der Waals surface area contributed by atoms with E-state index < -0.39 is 5.97 Å². The molecule has 0 radical (unpaired) electrons. The molecule has 3 nitrogen and oxygen atoms in total. The molecule has 2 aromatic heterocycles. The molecule has 0 atom stereocenters. The number of nitrogens with zero attached hydrogens (tertiary/aromatic N) is 1. The van der Waals surface area contributed by atoms with Crippen LogP contribution in [0, 0.1) is 0 Å². The highest BCUT2D eigenvalue weighted by Crippen LogP contribution is 2.50. The highest BCUT2D eigenvalue weighted by atomic mass is 32.2. The first-order chi connectivity index (χ1) is 13.7. The lowest BCUT2D eigenvalue weighted by Gasteiger charge is -2.32. The first kappa shape index (κ1) is 17.6. The molecule has 1 N–H and O–H groups in total. The van der Waals surface area contributed by atoms with Gasteiger partial charge in [0.25, 0.3) is 0 Å². The molecule has 6 heteroatoms. The van der Waals surface area contributed by atoms with Crippen molar-refractivity contribution >= 4 is 51.8 Å². The van der Waals surface area contributed by atoms with Gasteiger partial charge in [0.05, 0.1) is 11.4 Å². The van der Waals surface area contributed by atoms with E-state index >= 15 is 0 Å². The zero-order chi connectivity index (χ0) is 19.1. The van der Waals surface area contributed by atoms with Gasteiger partial charge in [0.2, 0.25) is 0 Å². The van der Waals surface area contributed by atoms with Crippen molar-refractivity contribution in [3.05, 3.63) is 71.4 Å². The van der Waals surface area contributed by atoms with Gasteiger partial charge in [-0.05, 0) is 58.3 Å². The Kier molecular flexibility index (Phi) is 4.47. The molecule has 3 heterocycles. The van der Waals surface area contributed by atoms with Crippen molar-refractivity contribution in [3.63, 3.8) is 0 Å². The van der Waals surface area contributed by atoms with E-state index in [0.717, 1.165) is 32.3 Å². The Labute approximate surface area is 174 Å². The number of thiophene rings is 2. The lowest BCUT2D eigenvalue weighted by Crippen LogP contribution is -2.27. The van der Waals surface area contributed by atoms with E-state index in [0.29, 0.717) is 0 Å². The van der Waals surface area contributed by atoms with Crippen LogP contribution in [0.15, 0.2) is 81.2 Å². The van der Waals surface area contributed by atoms with Crippen LogP contribution in [0.2, 0.25) is 0 Å². The molecule has 0 saturated carbocycles. The summed E-state index contributed by atoms with van der Waals surface area (Å²) < 4.78 is 0. The molecule has 1 aliphatic rings. The largest absolute Gasteiger partial charge is 0.480 e. The summed E-state index contributed by atoms with van der Waals surface area (Å²) in [5, 5.41) is 13.6. The van der Waals surface area contributed by atoms with E-state index in [9.17, 15) is 9.90 Å². The quantitative estimate of drug-likeness (QED) is 0.392. The number of hydrogen-bond acceptors (Lipinski definition) is 5. The van der Waals surface area contributed by atoms with E-state index in [1.165, 1.54) is 9.75 Å². The van der Waals surface area contributed by atoms with Crippen LogP contribution in [0.3, 0.4) is 0 Å². The van der Waals surface area contributed by atoms with E-state index in [-0.39, 0.29) is 6.54 Å². The van der Waals surface area contributed by atoms with Crippen molar-refractivity contribution in [2.24, 2.45) is 0 Å². The van der Waals surface area contributed by atoms with Crippen LogP contribution in [0.1, 0.15) is 0 Å². The molecule has 0 bridgehead atoms. The standard InChI is InChI=1S/C22H15NO2S3/c24-22(25)13-23-16-7-5-14(18-3-1-9-26-18)11-20(16)28-21-12-15(6-8-17(21)23)19-4-2-10-27-19/h1-12H,13H2,(H,24,25). The van der Waals surface area contributed by atoms with Gasteiger partial charge in [0.15, 0.2) is 0 Å². The molecular formula is C22H15NO2S3. The Balaban J connectivity index is 1.62. The van der Waals surface area contributed by atoms with Crippen LogP contribution < -0.4 is 4.90 Å². The summed E-state index contributed by atoms with van der Waals surface area (Å²) in [6.07, 6.45) is 0. The average molecular weight is 422 g/mol. The maximum Gasteiger partial charge on any atom is 0.323 e. The number of fused-ring (bicyclic) bond motifs is 2. The molecule has 2 aromatic carbocycles. The number of aliphatic carboxylic acids is 1. The number of carboxylic acids is 1. The second-order valence-corrected chi connectivity index (χ2v) is 9.38. The van der Waals surface area contributed by atoms with Gasteiger partial charge < -0.3 is 10.0 Å². The van der Waals surface area contributed by atoms with Crippen molar-refractivity contribution in [3.8, 4) is 20.9 Å². The molecular weight excluding hydrogens is 406 g/mol.